The highest BCUT2D eigenvalue weighted by molar-refractivity contribution is 7.99. The highest BCUT2D eigenvalue weighted by Crippen LogP contribution is 2.28. The summed E-state index contributed by atoms with van der Waals surface area (Å²) in [5.74, 6) is 1.33. The van der Waals surface area contributed by atoms with Crippen LogP contribution in [0.15, 0.2) is 48.8 Å². The van der Waals surface area contributed by atoms with E-state index in [4.69, 9.17) is 0 Å². The highest BCUT2D eigenvalue weighted by atomic mass is 32.2. The van der Waals surface area contributed by atoms with Crippen LogP contribution < -0.4 is 10.2 Å². The van der Waals surface area contributed by atoms with Gasteiger partial charge in [-0.25, -0.2) is 0 Å². The molecule has 25 heavy (non-hydrogen) atoms. The van der Waals surface area contributed by atoms with E-state index in [0.29, 0.717) is 5.75 Å². The molecular formula is C20H25N3OS. The monoisotopic (exact) mass is 355 g/mol. The summed E-state index contributed by atoms with van der Waals surface area (Å²) >= 11 is 1.63. The summed E-state index contributed by atoms with van der Waals surface area (Å²) in [5, 5.41) is 3.10. The molecule has 1 aromatic carbocycles. The van der Waals surface area contributed by atoms with Crippen LogP contribution in [0.5, 0.6) is 0 Å². The third kappa shape index (κ3) is 5.49. The van der Waals surface area contributed by atoms with Gasteiger partial charge in [-0.1, -0.05) is 25.0 Å². The maximum Gasteiger partial charge on any atom is 0.234 e. The van der Waals surface area contributed by atoms with Gasteiger partial charge in [0.05, 0.1) is 17.1 Å². The Morgan fingerprint density at radius 3 is 2.52 bits per heavy atom. The van der Waals surface area contributed by atoms with Crippen molar-refractivity contribution in [1.82, 2.24) is 4.98 Å². The molecule has 1 aliphatic rings. The smallest absolute Gasteiger partial charge is 0.234 e. The van der Waals surface area contributed by atoms with Crippen molar-refractivity contribution < 1.29 is 4.79 Å². The van der Waals surface area contributed by atoms with E-state index in [1.165, 1.54) is 31.2 Å². The molecule has 1 saturated heterocycles. The number of rotatable bonds is 6. The van der Waals surface area contributed by atoms with Gasteiger partial charge in [0.25, 0.3) is 0 Å². The quantitative estimate of drug-likeness (QED) is 0.837. The van der Waals surface area contributed by atoms with Crippen LogP contribution in [0.25, 0.3) is 0 Å². The SMILES string of the molecule is O=C(CSCc1ccncc1)Nc1ccccc1N1CCCCCC1. The van der Waals surface area contributed by atoms with E-state index in [1.807, 2.05) is 30.3 Å². The summed E-state index contributed by atoms with van der Waals surface area (Å²) in [5.41, 5.74) is 3.27. The summed E-state index contributed by atoms with van der Waals surface area (Å²) in [6, 6.07) is 12.1. The van der Waals surface area contributed by atoms with Gasteiger partial charge < -0.3 is 10.2 Å². The molecule has 0 atom stereocenters. The van der Waals surface area contributed by atoms with Gasteiger partial charge in [-0.15, -0.1) is 11.8 Å². The number of pyridine rings is 1. The summed E-state index contributed by atoms with van der Waals surface area (Å²) in [4.78, 5) is 18.8. The number of aromatic nitrogens is 1. The molecule has 1 aliphatic heterocycles. The summed E-state index contributed by atoms with van der Waals surface area (Å²) < 4.78 is 0. The number of carbonyl (C=O) groups excluding carboxylic acids is 1. The Morgan fingerprint density at radius 1 is 1.04 bits per heavy atom. The molecule has 0 spiro atoms. The van der Waals surface area contributed by atoms with Crippen LogP contribution in [-0.2, 0) is 10.5 Å². The highest BCUT2D eigenvalue weighted by Gasteiger charge is 2.14. The van der Waals surface area contributed by atoms with Crippen LogP contribution in [0.1, 0.15) is 31.2 Å². The molecule has 0 saturated carbocycles. The Labute approximate surface area is 154 Å². The number of anilines is 2. The van der Waals surface area contributed by atoms with Gasteiger partial charge in [0.15, 0.2) is 0 Å². The lowest BCUT2D eigenvalue weighted by Crippen LogP contribution is -2.26. The van der Waals surface area contributed by atoms with Crippen molar-refractivity contribution in [2.45, 2.75) is 31.4 Å². The van der Waals surface area contributed by atoms with Crippen LogP contribution >= 0.6 is 11.8 Å². The molecule has 3 rings (SSSR count). The van der Waals surface area contributed by atoms with Crippen molar-refractivity contribution >= 4 is 29.0 Å². The average Bonchev–Trinajstić information content (AvgIpc) is 2.92. The lowest BCUT2D eigenvalue weighted by atomic mass is 10.2. The summed E-state index contributed by atoms with van der Waals surface area (Å²) in [6.07, 6.45) is 8.63. The number of benzene rings is 1. The van der Waals surface area contributed by atoms with Crippen LogP contribution in [0.4, 0.5) is 11.4 Å². The minimum absolute atomic E-state index is 0.0568. The number of carbonyl (C=O) groups is 1. The Bertz CT molecular complexity index is 670. The molecule has 2 aromatic rings. The first-order valence-corrected chi connectivity index (χ1v) is 10.1. The second-order valence-corrected chi connectivity index (χ2v) is 7.30. The van der Waals surface area contributed by atoms with E-state index in [9.17, 15) is 4.79 Å². The van der Waals surface area contributed by atoms with Crippen molar-refractivity contribution in [3.8, 4) is 0 Å². The number of para-hydroxylation sites is 2. The number of amides is 1. The van der Waals surface area contributed by atoms with Gasteiger partial charge in [0.2, 0.25) is 5.91 Å². The zero-order valence-corrected chi connectivity index (χ0v) is 15.3. The standard InChI is InChI=1S/C20H25N3OS/c24-20(16-25-15-17-9-11-21-12-10-17)22-18-7-3-4-8-19(18)23-13-5-1-2-6-14-23/h3-4,7-12H,1-2,5-6,13-16H2,(H,22,24). The van der Waals surface area contributed by atoms with E-state index in [0.717, 1.165) is 30.2 Å². The molecule has 1 N–H and O–H groups in total. The second kappa shape index (κ2) is 9.47. The molecule has 1 aromatic heterocycles. The predicted molar refractivity (Wildman–Crippen MR) is 106 cm³/mol. The molecule has 0 aliphatic carbocycles. The fourth-order valence-electron chi connectivity index (χ4n) is 3.09. The van der Waals surface area contributed by atoms with Crippen LogP contribution in [-0.4, -0.2) is 29.7 Å². The largest absolute Gasteiger partial charge is 0.370 e. The lowest BCUT2D eigenvalue weighted by molar-refractivity contribution is -0.113. The Morgan fingerprint density at radius 2 is 1.76 bits per heavy atom. The van der Waals surface area contributed by atoms with Crippen molar-refractivity contribution in [1.29, 1.82) is 0 Å². The van der Waals surface area contributed by atoms with Gasteiger partial charge in [0.1, 0.15) is 0 Å². The minimum atomic E-state index is 0.0568. The van der Waals surface area contributed by atoms with Crippen LogP contribution in [0.2, 0.25) is 0 Å². The molecule has 2 heterocycles. The zero-order valence-electron chi connectivity index (χ0n) is 14.5. The maximum absolute atomic E-state index is 12.3. The number of hydrogen-bond donors (Lipinski definition) is 1. The van der Waals surface area contributed by atoms with Gasteiger partial charge in [0, 0.05) is 31.2 Å². The molecule has 0 unspecified atom stereocenters. The molecule has 5 heteroatoms. The number of thioether (sulfide) groups is 1. The van der Waals surface area contributed by atoms with Gasteiger partial charge >= 0.3 is 0 Å². The summed E-state index contributed by atoms with van der Waals surface area (Å²) in [6.45, 7) is 2.15. The molecular weight excluding hydrogens is 330 g/mol. The predicted octanol–water partition coefficient (Wildman–Crippen LogP) is 4.33. The number of nitrogens with one attached hydrogen (secondary N) is 1. The van der Waals surface area contributed by atoms with Crippen LogP contribution in [0.3, 0.4) is 0 Å². The molecule has 0 bridgehead atoms. The van der Waals surface area contributed by atoms with E-state index in [1.54, 1.807) is 24.2 Å². The fraction of sp³-hybridized carbons (Fsp3) is 0.400. The Hall–Kier alpha value is -2.01. The molecule has 132 valence electrons. The molecule has 1 fully saturated rings. The molecule has 0 radical (unpaired) electrons. The van der Waals surface area contributed by atoms with Crippen LogP contribution in [0, 0.1) is 0 Å². The maximum atomic E-state index is 12.3. The topological polar surface area (TPSA) is 45.2 Å². The first kappa shape index (κ1) is 17.8. The number of hydrogen-bond acceptors (Lipinski definition) is 4. The molecule has 1 amide bonds. The first-order valence-electron chi connectivity index (χ1n) is 8.93. The fourth-order valence-corrected chi connectivity index (χ4v) is 3.88. The second-order valence-electron chi connectivity index (χ2n) is 6.31. The first-order chi connectivity index (χ1) is 12.3. The van der Waals surface area contributed by atoms with Crippen molar-refractivity contribution in [2.75, 3.05) is 29.1 Å². The normalized spacial score (nSPS) is 14.8. The number of nitrogens with zero attached hydrogens (tertiary/aromatic N) is 2. The van der Waals surface area contributed by atoms with E-state index in [-0.39, 0.29) is 5.91 Å². The average molecular weight is 356 g/mol. The minimum Gasteiger partial charge on any atom is -0.370 e. The van der Waals surface area contributed by atoms with Crippen molar-refractivity contribution in [2.24, 2.45) is 0 Å². The van der Waals surface area contributed by atoms with E-state index < -0.39 is 0 Å². The Kier molecular flexibility index (Phi) is 6.74. The van der Waals surface area contributed by atoms with E-state index >= 15 is 0 Å². The van der Waals surface area contributed by atoms with Gasteiger partial charge in [-0.05, 0) is 42.7 Å². The van der Waals surface area contributed by atoms with Crippen molar-refractivity contribution in [3.05, 3.63) is 54.4 Å². The lowest BCUT2D eigenvalue weighted by Gasteiger charge is -2.25. The third-order valence-corrected chi connectivity index (χ3v) is 5.38. The summed E-state index contributed by atoms with van der Waals surface area (Å²) in [7, 11) is 0. The van der Waals surface area contributed by atoms with Gasteiger partial charge in [-0.2, -0.15) is 0 Å². The molecule has 4 nitrogen and oxygen atoms in total. The Balaban J connectivity index is 1.55. The van der Waals surface area contributed by atoms with Gasteiger partial charge in [-0.3, -0.25) is 9.78 Å². The van der Waals surface area contributed by atoms with E-state index in [2.05, 4.69) is 21.3 Å². The zero-order chi connectivity index (χ0) is 17.3. The third-order valence-electron chi connectivity index (χ3n) is 4.38. The van der Waals surface area contributed by atoms with Crippen molar-refractivity contribution in [3.63, 3.8) is 0 Å².